The van der Waals surface area contributed by atoms with E-state index in [1.165, 1.54) is 18.2 Å². The topological polar surface area (TPSA) is 35.2 Å². The van der Waals surface area contributed by atoms with Crippen molar-refractivity contribution < 1.29 is 9.13 Å². The van der Waals surface area contributed by atoms with Crippen LogP contribution < -0.4 is 10.5 Å². The van der Waals surface area contributed by atoms with Gasteiger partial charge < -0.3 is 10.5 Å². The zero-order chi connectivity index (χ0) is 14.5. The van der Waals surface area contributed by atoms with Crippen LogP contribution in [0.2, 0.25) is 5.02 Å². The Bertz CT molecular complexity index is 586. The van der Waals surface area contributed by atoms with E-state index in [0.29, 0.717) is 10.6 Å². The van der Waals surface area contributed by atoms with Crippen LogP contribution in [0.15, 0.2) is 42.5 Å². The molecule has 0 saturated heterocycles. The summed E-state index contributed by atoms with van der Waals surface area (Å²) >= 11 is 6.00. The fourth-order valence-electron chi connectivity index (χ4n) is 1.95. The summed E-state index contributed by atoms with van der Waals surface area (Å²) in [6.07, 6.45) is 0.790. The van der Waals surface area contributed by atoms with Gasteiger partial charge in [0.2, 0.25) is 0 Å². The highest BCUT2D eigenvalue weighted by molar-refractivity contribution is 6.31. The van der Waals surface area contributed by atoms with Crippen molar-refractivity contribution in [2.24, 2.45) is 5.73 Å². The summed E-state index contributed by atoms with van der Waals surface area (Å²) in [5.74, 6) is 0.405. The smallest absolute Gasteiger partial charge is 0.123 e. The quantitative estimate of drug-likeness (QED) is 0.906. The summed E-state index contributed by atoms with van der Waals surface area (Å²) in [7, 11) is 0. The van der Waals surface area contributed by atoms with Gasteiger partial charge in [0.05, 0.1) is 0 Å². The van der Waals surface area contributed by atoms with Crippen molar-refractivity contribution in [2.75, 3.05) is 0 Å². The van der Waals surface area contributed by atoms with Crippen LogP contribution in [0.3, 0.4) is 0 Å². The molecule has 0 fully saturated rings. The molecule has 0 aromatic heterocycles. The highest BCUT2D eigenvalue weighted by atomic mass is 35.5. The van der Waals surface area contributed by atoms with Gasteiger partial charge in [0.25, 0.3) is 0 Å². The van der Waals surface area contributed by atoms with E-state index >= 15 is 0 Å². The first kappa shape index (κ1) is 14.8. The van der Waals surface area contributed by atoms with Crippen LogP contribution in [-0.2, 0) is 13.0 Å². The van der Waals surface area contributed by atoms with Crippen LogP contribution in [0.25, 0.3) is 0 Å². The number of ether oxygens (including phenoxy) is 1. The lowest BCUT2D eigenvalue weighted by molar-refractivity contribution is 0.305. The third-order valence-electron chi connectivity index (χ3n) is 2.86. The van der Waals surface area contributed by atoms with Gasteiger partial charge in [-0.15, -0.1) is 0 Å². The summed E-state index contributed by atoms with van der Waals surface area (Å²) in [5.41, 5.74) is 7.52. The molecule has 2 aromatic rings. The van der Waals surface area contributed by atoms with Crippen molar-refractivity contribution in [1.82, 2.24) is 0 Å². The van der Waals surface area contributed by atoms with Crippen LogP contribution in [0.4, 0.5) is 4.39 Å². The summed E-state index contributed by atoms with van der Waals surface area (Å²) in [5, 5.41) is 0.498. The lowest BCUT2D eigenvalue weighted by atomic mass is 10.1. The van der Waals surface area contributed by atoms with Gasteiger partial charge in [-0.3, -0.25) is 0 Å². The molecule has 20 heavy (non-hydrogen) atoms. The summed E-state index contributed by atoms with van der Waals surface area (Å²) in [4.78, 5) is 0. The van der Waals surface area contributed by atoms with E-state index in [1.54, 1.807) is 0 Å². The Morgan fingerprint density at radius 1 is 1.25 bits per heavy atom. The first-order valence-corrected chi connectivity index (χ1v) is 6.83. The summed E-state index contributed by atoms with van der Waals surface area (Å²) in [6.45, 7) is 2.19. The van der Waals surface area contributed by atoms with Crippen LogP contribution in [0.1, 0.15) is 18.1 Å². The molecule has 2 N–H and O–H groups in total. The second-order valence-electron chi connectivity index (χ2n) is 4.85. The largest absolute Gasteiger partial charge is 0.489 e. The zero-order valence-electron chi connectivity index (χ0n) is 11.3. The average molecular weight is 294 g/mol. The SMILES string of the molecule is CC(N)Cc1cccc(OCc2cc(F)ccc2Cl)c1. The van der Waals surface area contributed by atoms with Crippen molar-refractivity contribution >= 4 is 11.6 Å². The lowest BCUT2D eigenvalue weighted by Gasteiger charge is -2.10. The van der Waals surface area contributed by atoms with Gasteiger partial charge in [0, 0.05) is 16.6 Å². The average Bonchev–Trinajstić information content (AvgIpc) is 2.39. The van der Waals surface area contributed by atoms with E-state index in [2.05, 4.69) is 0 Å². The standard InChI is InChI=1S/C16H17ClFNO/c1-11(19)7-12-3-2-4-15(8-12)20-10-13-9-14(18)5-6-16(13)17/h2-6,8-9,11H,7,10,19H2,1H3. The molecule has 1 unspecified atom stereocenters. The predicted octanol–water partition coefficient (Wildman–Crippen LogP) is 3.95. The molecule has 0 spiro atoms. The van der Waals surface area contributed by atoms with Crippen LogP contribution in [0.5, 0.6) is 5.75 Å². The lowest BCUT2D eigenvalue weighted by Crippen LogP contribution is -2.17. The fourth-order valence-corrected chi connectivity index (χ4v) is 2.12. The minimum atomic E-state index is -0.321. The Morgan fingerprint density at radius 2 is 2.05 bits per heavy atom. The van der Waals surface area contributed by atoms with Gasteiger partial charge in [-0.25, -0.2) is 4.39 Å². The number of rotatable bonds is 5. The molecule has 1 atom stereocenters. The molecule has 106 valence electrons. The molecule has 0 aliphatic heterocycles. The highest BCUT2D eigenvalue weighted by Crippen LogP contribution is 2.21. The Balaban J connectivity index is 2.05. The van der Waals surface area contributed by atoms with Crippen molar-refractivity contribution in [3.8, 4) is 5.75 Å². The Morgan fingerprint density at radius 3 is 2.80 bits per heavy atom. The molecule has 0 radical (unpaired) electrons. The van der Waals surface area contributed by atoms with Gasteiger partial charge in [-0.2, -0.15) is 0 Å². The van der Waals surface area contributed by atoms with Gasteiger partial charge in [0.1, 0.15) is 18.2 Å². The highest BCUT2D eigenvalue weighted by Gasteiger charge is 2.04. The van der Waals surface area contributed by atoms with E-state index in [9.17, 15) is 4.39 Å². The number of hydrogen-bond donors (Lipinski definition) is 1. The van der Waals surface area contributed by atoms with E-state index < -0.39 is 0 Å². The fraction of sp³-hybridized carbons (Fsp3) is 0.250. The molecule has 2 rings (SSSR count). The number of nitrogens with two attached hydrogens (primary N) is 1. The molecule has 0 saturated carbocycles. The maximum Gasteiger partial charge on any atom is 0.123 e. The summed E-state index contributed by atoms with van der Waals surface area (Å²) < 4.78 is 18.8. The first-order valence-electron chi connectivity index (χ1n) is 6.46. The molecule has 0 heterocycles. The molecule has 2 nitrogen and oxygen atoms in total. The van der Waals surface area contributed by atoms with Gasteiger partial charge >= 0.3 is 0 Å². The van der Waals surface area contributed by atoms with Crippen molar-refractivity contribution in [1.29, 1.82) is 0 Å². The minimum absolute atomic E-state index is 0.0999. The first-order chi connectivity index (χ1) is 9.54. The number of hydrogen-bond acceptors (Lipinski definition) is 2. The Hall–Kier alpha value is -1.58. The zero-order valence-corrected chi connectivity index (χ0v) is 12.0. The molecule has 4 heteroatoms. The molecular weight excluding hydrogens is 277 g/mol. The molecule has 0 bridgehead atoms. The van der Waals surface area contributed by atoms with E-state index in [0.717, 1.165) is 17.7 Å². The minimum Gasteiger partial charge on any atom is -0.489 e. The van der Waals surface area contributed by atoms with Crippen LogP contribution in [0, 0.1) is 5.82 Å². The van der Waals surface area contributed by atoms with Crippen molar-refractivity contribution in [2.45, 2.75) is 26.0 Å². The monoisotopic (exact) mass is 293 g/mol. The predicted molar refractivity (Wildman–Crippen MR) is 79.5 cm³/mol. The van der Waals surface area contributed by atoms with Gasteiger partial charge in [-0.1, -0.05) is 23.7 Å². The third-order valence-corrected chi connectivity index (χ3v) is 3.23. The Labute approximate surface area is 123 Å². The second kappa shape index (κ2) is 6.73. The van der Waals surface area contributed by atoms with Crippen molar-refractivity contribution in [3.63, 3.8) is 0 Å². The maximum absolute atomic E-state index is 13.2. The van der Waals surface area contributed by atoms with E-state index in [4.69, 9.17) is 22.1 Å². The molecular formula is C16H17ClFNO. The third kappa shape index (κ3) is 4.22. The molecule has 0 aliphatic carbocycles. The van der Waals surface area contributed by atoms with Gasteiger partial charge in [0.15, 0.2) is 0 Å². The molecule has 0 amide bonds. The van der Waals surface area contributed by atoms with Crippen molar-refractivity contribution in [3.05, 3.63) is 64.4 Å². The second-order valence-corrected chi connectivity index (χ2v) is 5.26. The van der Waals surface area contributed by atoms with E-state index in [-0.39, 0.29) is 18.5 Å². The molecule has 2 aromatic carbocycles. The van der Waals surface area contributed by atoms with E-state index in [1.807, 2.05) is 31.2 Å². The van der Waals surface area contributed by atoms with Crippen LogP contribution >= 0.6 is 11.6 Å². The number of halogens is 2. The normalized spacial score (nSPS) is 12.2. The number of benzene rings is 2. The van der Waals surface area contributed by atoms with Crippen LogP contribution in [-0.4, -0.2) is 6.04 Å². The summed E-state index contributed by atoms with van der Waals surface area (Å²) in [6, 6.07) is 12.1. The van der Waals surface area contributed by atoms with Gasteiger partial charge in [-0.05, 0) is 49.2 Å². The molecule has 0 aliphatic rings. The Kier molecular flexibility index (Phi) is 4.99. The maximum atomic E-state index is 13.2.